The van der Waals surface area contributed by atoms with Gasteiger partial charge in [-0.3, -0.25) is 9.52 Å². The highest BCUT2D eigenvalue weighted by Crippen LogP contribution is 2.33. The summed E-state index contributed by atoms with van der Waals surface area (Å²) in [4.78, 5) is 11.5. The van der Waals surface area contributed by atoms with Crippen molar-refractivity contribution >= 4 is 17.9 Å². The summed E-state index contributed by atoms with van der Waals surface area (Å²) in [5.41, 5.74) is -0.912. The predicted octanol–water partition coefficient (Wildman–Crippen LogP) is 3.02. The number of hydrogen-bond acceptors (Lipinski definition) is 2. The highest BCUT2D eigenvalue weighted by molar-refractivity contribution is 7.97. The summed E-state index contributed by atoms with van der Waals surface area (Å²) in [6.07, 6.45) is -2.94. The lowest BCUT2D eigenvalue weighted by Crippen LogP contribution is -2.22. The monoisotopic (exact) mass is 249 g/mol. The van der Waals surface area contributed by atoms with Gasteiger partial charge >= 0.3 is 6.18 Å². The maximum Gasteiger partial charge on any atom is 0.417 e. The van der Waals surface area contributed by atoms with Crippen LogP contribution in [0.15, 0.2) is 18.2 Å². The van der Waals surface area contributed by atoms with Crippen molar-refractivity contribution in [1.82, 2.24) is 4.72 Å². The van der Waals surface area contributed by atoms with Crippen LogP contribution in [0, 0.1) is 6.92 Å². The Labute approximate surface area is 95.4 Å². The van der Waals surface area contributed by atoms with Crippen molar-refractivity contribution in [3.8, 4) is 0 Å². The van der Waals surface area contributed by atoms with Crippen LogP contribution in [-0.2, 0) is 6.18 Å². The van der Waals surface area contributed by atoms with E-state index in [-0.39, 0.29) is 5.56 Å². The smallest absolute Gasteiger partial charge is 0.296 e. The summed E-state index contributed by atoms with van der Waals surface area (Å²) in [7, 11) is 0. The highest BCUT2D eigenvalue weighted by Gasteiger charge is 2.35. The van der Waals surface area contributed by atoms with Gasteiger partial charge in [-0.25, -0.2) is 0 Å². The van der Waals surface area contributed by atoms with E-state index in [2.05, 4.69) is 4.72 Å². The van der Waals surface area contributed by atoms with Crippen LogP contribution in [-0.4, -0.2) is 12.2 Å². The van der Waals surface area contributed by atoms with Gasteiger partial charge in [0, 0.05) is 6.26 Å². The summed E-state index contributed by atoms with van der Waals surface area (Å²) >= 11 is 0.966. The number of benzene rings is 1. The van der Waals surface area contributed by atoms with Crippen LogP contribution in [0.2, 0.25) is 0 Å². The molecule has 0 saturated carbocycles. The van der Waals surface area contributed by atoms with Crippen molar-refractivity contribution in [1.29, 1.82) is 0 Å². The number of nitrogens with one attached hydrogen (secondary N) is 1. The molecule has 0 unspecified atom stereocenters. The summed E-state index contributed by atoms with van der Waals surface area (Å²) in [5.74, 6) is -0.724. The van der Waals surface area contributed by atoms with E-state index >= 15 is 0 Å². The van der Waals surface area contributed by atoms with E-state index in [0.29, 0.717) is 5.56 Å². The second-order valence-corrected chi connectivity index (χ2v) is 3.74. The zero-order valence-corrected chi connectivity index (χ0v) is 9.50. The molecular weight excluding hydrogens is 239 g/mol. The third kappa shape index (κ3) is 2.69. The molecule has 0 aliphatic rings. The number of rotatable bonds is 2. The van der Waals surface area contributed by atoms with Gasteiger partial charge in [0.1, 0.15) is 0 Å². The van der Waals surface area contributed by atoms with Crippen molar-refractivity contribution in [3.05, 3.63) is 34.9 Å². The first-order valence-corrected chi connectivity index (χ1v) is 5.60. The number of aryl methyl sites for hydroxylation is 1. The molecular formula is C10H10F3NOS. The Morgan fingerprint density at radius 2 is 2.00 bits per heavy atom. The van der Waals surface area contributed by atoms with Gasteiger partial charge < -0.3 is 0 Å². The summed E-state index contributed by atoms with van der Waals surface area (Å²) in [6, 6.07) is 3.67. The van der Waals surface area contributed by atoms with Gasteiger partial charge in [-0.05, 0) is 18.6 Å². The third-order valence-corrected chi connectivity index (χ3v) is 2.39. The van der Waals surface area contributed by atoms with Crippen LogP contribution in [0.5, 0.6) is 0 Å². The van der Waals surface area contributed by atoms with Gasteiger partial charge in [-0.2, -0.15) is 13.2 Å². The molecule has 0 atom stereocenters. The molecule has 16 heavy (non-hydrogen) atoms. The number of alkyl halides is 3. The third-order valence-electron chi connectivity index (χ3n) is 2.00. The molecule has 1 aromatic carbocycles. The van der Waals surface area contributed by atoms with E-state index in [1.54, 1.807) is 6.26 Å². The molecule has 0 spiro atoms. The minimum absolute atomic E-state index is 0.307. The molecule has 0 radical (unpaired) electrons. The first-order valence-electron chi connectivity index (χ1n) is 4.38. The van der Waals surface area contributed by atoms with Crippen molar-refractivity contribution in [2.45, 2.75) is 13.1 Å². The molecule has 1 aromatic rings. The zero-order valence-electron chi connectivity index (χ0n) is 8.68. The molecule has 2 nitrogen and oxygen atoms in total. The van der Waals surface area contributed by atoms with Gasteiger partial charge in [-0.15, -0.1) is 0 Å². The highest BCUT2D eigenvalue weighted by atomic mass is 32.2. The van der Waals surface area contributed by atoms with Crippen LogP contribution in [0.4, 0.5) is 13.2 Å². The minimum Gasteiger partial charge on any atom is -0.296 e. The second kappa shape index (κ2) is 4.78. The number of carbonyl (C=O) groups excluding carboxylic acids is 1. The second-order valence-electron chi connectivity index (χ2n) is 3.13. The van der Waals surface area contributed by atoms with Crippen LogP contribution in [0.1, 0.15) is 21.5 Å². The standard InChI is InChI=1S/C10H10F3NOS/c1-6-4-3-5-7(10(11,12)13)8(6)9(15)14-16-2/h3-5H,1-2H3,(H,14,15). The molecule has 88 valence electrons. The lowest BCUT2D eigenvalue weighted by atomic mass is 10.0. The maximum absolute atomic E-state index is 12.6. The van der Waals surface area contributed by atoms with E-state index in [9.17, 15) is 18.0 Å². The first kappa shape index (κ1) is 12.9. The molecule has 0 aliphatic heterocycles. The summed E-state index contributed by atoms with van der Waals surface area (Å²) in [5, 5.41) is 0. The number of carbonyl (C=O) groups is 1. The van der Waals surface area contributed by atoms with Crippen LogP contribution >= 0.6 is 11.9 Å². The SMILES string of the molecule is CSNC(=O)c1c(C)cccc1C(F)(F)F. The Bertz CT molecular complexity index is 404. The Kier molecular flexibility index (Phi) is 3.85. The van der Waals surface area contributed by atoms with E-state index < -0.39 is 17.6 Å². The molecule has 0 fully saturated rings. The van der Waals surface area contributed by atoms with Gasteiger partial charge in [-0.1, -0.05) is 24.1 Å². The molecule has 1 amide bonds. The number of hydrogen-bond donors (Lipinski definition) is 1. The van der Waals surface area contributed by atoms with Crippen molar-refractivity contribution in [3.63, 3.8) is 0 Å². The van der Waals surface area contributed by atoms with Crippen LogP contribution < -0.4 is 4.72 Å². The van der Waals surface area contributed by atoms with Gasteiger partial charge in [0.25, 0.3) is 5.91 Å². The summed E-state index contributed by atoms with van der Waals surface area (Å²) < 4.78 is 40.2. The lowest BCUT2D eigenvalue weighted by molar-refractivity contribution is -0.138. The Balaban J connectivity index is 3.30. The fourth-order valence-corrected chi connectivity index (χ4v) is 1.64. The fraction of sp³-hybridized carbons (Fsp3) is 0.300. The molecule has 0 aliphatic carbocycles. The van der Waals surface area contributed by atoms with Gasteiger partial charge in [0.15, 0.2) is 0 Å². The normalized spacial score (nSPS) is 11.3. The molecule has 0 aromatic heterocycles. The van der Waals surface area contributed by atoms with Crippen molar-refractivity contribution < 1.29 is 18.0 Å². The average molecular weight is 249 g/mol. The predicted molar refractivity (Wildman–Crippen MR) is 57.2 cm³/mol. The molecule has 1 N–H and O–H groups in total. The maximum atomic E-state index is 12.6. The molecule has 0 saturated heterocycles. The first-order chi connectivity index (χ1) is 7.38. The topological polar surface area (TPSA) is 29.1 Å². The van der Waals surface area contributed by atoms with Crippen LogP contribution in [0.25, 0.3) is 0 Å². The van der Waals surface area contributed by atoms with Crippen LogP contribution in [0.3, 0.4) is 0 Å². The Morgan fingerprint density at radius 3 is 2.50 bits per heavy atom. The van der Waals surface area contributed by atoms with E-state index in [1.165, 1.54) is 19.1 Å². The molecule has 1 rings (SSSR count). The van der Waals surface area contributed by atoms with Crippen molar-refractivity contribution in [2.24, 2.45) is 0 Å². The van der Waals surface area contributed by atoms with Gasteiger partial charge in [0.2, 0.25) is 0 Å². The Morgan fingerprint density at radius 1 is 1.38 bits per heavy atom. The average Bonchev–Trinajstić information content (AvgIpc) is 2.16. The largest absolute Gasteiger partial charge is 0.417 e. The van der Waals surface area contributed by atoms with E-state index in [4.69, 9.17) is 0 Å². The fourth-order valence-electron chi connectivity index (χ4n) is 1.35. The molecule has 0 heterocycles. The number of halogens is 3. The van der Waals surface area contributed by atoms with E-state index in [0.717, 1.165) is 18.0 Å². The number of amides is 1. The quantitative estimate of drug-likeness (QED) is 0.816. The Hall–Kier alpha value is -1.17. The summed E-state index contributed by atoms with van der Waals surface area (Å²) in [6.45, 7) is 1.48. The van der Waals surface area contributed by atoms with Gasteiger partial charge in [0.05, 0.1) is 11.1 Å². The van der Waals surface area contributed by atoms with Crippen molar-refractivity contribution in [2.75, 3.05) is 6.26 Å². The molecule has 6 heteroatoms. The zero-order chi connectivity index (χ0) is 12.3. The lowest BCUT2D eigenvalue weighted by Gasteiger charge is -2.14. The minimum atomic E-state index is -4.52. The van der Waals surface area contributed by atoms with E-state index in [1.807, 2.05) is 0 Å². The molecule has 0 bridgehead atoms.